The van der Waals surface area contributed by atoms with Crippen molar-refractivity contribution < 1.29 is 16.8 Å². The largest absolute Gasteiger partial charge is 0.299 e. The van der Waals surface area contributed by atoms with Crippen molar-refractivity contribution in [1.29, 1.82) is 0 Å². The highest BCUT2D eigenvalue weighted by atomic mass is 32.2. The Morgan fingerprint density at radius 1 is 0.794 bits per heavy atom. The Kier molecular flexibility index (Phi) is 7.79. The second-order valence-electron chi connectivity index (χ2n) is 9.56. The molecule has 2 aromatic rings. The Bertz CT molecular complexity index is 1160. The zero-order valence-electron chi connectivity index (χ0n) is 19.9. The van der Waals surface area contributed by atoms with Crippen LogP contribution in [0.15, 0.2) is 64.4 Å². The first-order valence-corrected chi connectivity index (χ1v) is 14.9. The molecular formula is C25H35N3O4S2. The van der Waals surface area contributed by atoms with Gasteiger partial charge in [-0.15, -0.1) is 0 Å². The van der Waals surface area contributed by atoms with Gasteiger partial charge in [0.15, 0.2) is 0 Å². The fraction of sp³-hybridized carbons (Fsp3) is 0.520. The number of nitrogens with zero attached hydrogens (tertiary/aromatic N) is 2. The SMILES string of the molecule is CN(C)S(=O)(=O)c1ccc(S(=O)(=O)NC2CCCCC2N2CCC(c3ccccc3)CC2)cc1. The van der Waals surface area contributed by atoms with E-state index in [1.807, 2.05) is 6.07 Å². The molecule has 7 nitrogen and oxygen atoms in total. The summed E-state index contributed by atoms with van der Waals surface area (Å²) in [6.45, 7) is 1.94. The molecule has 34 heavy (non-hydrogen) atoms. The van der Waals surface area contributed by atoms with Crippen LogP contribution >= 0.6 is 0 Å². The fourth-order valence-corrected chi connectivity index (χ4v) is 7.45. The summed E-state index contributed by atoms with van der Waals surface area (Å²) < 4.78 is 55.0. The molecule has 1 N–H and O–H groups in total. The van der Waals surface area contributed by atoms with Crippen molar-refractivity contribution in [2.45, 2.75) is 66.3 Å². The number of hydrogen-bond donors (Lipinski definition) is 1. The van der Waals surface area contributed by atoms with Gasteiger partial charge in [-0.3, -0.25) is 4.90 Å². The lowest BCUT2D eigenvalue weighted by Gasteiger charge is -2.43. The van der Waals surface area contributed by atoms with Gasteiger partial charge in [0.1, 0.15) is 0 Å². The van der Waals surface area contributed by atoms with Crippen molar-refractivity contribution in [3.63, 3.8) is 0 Å². The van der Waals surface area contributed by atoms with Gasteiger partial charge >= 0.3 is 0 Å². The molecule has 1 saturated heterocycles. The lowest BCUT2D eigenvalue weighted by Crippen LogP contribution is -2.54. The van der Waals surface area contributed by atoms with E-state index in [4.69, 9.17) is 0 Å². The zero-order chi connectivity index (χ0) is 24.3. The van der Waals surface area contributed by atoms with E-state index in [0.717, 1.165) is 55.9 Å². The van der Waals surface area contributed by atoms with Crippen LogP contribution in [0.25, 0.3) is 0 Å². The standard InChI is InChI=1S/C25H35N3O4S2/c1-27(2)34(31,32)23-14-12-22(13-15-23)33(29,30)26-24-10-6-7-11-25(24)28-18-16-21(17-19-28)20-8-4-3-5-9-20/h3-5,8-9,12-15,21,24-26H,6-7,10-11,16-19H2,1-2H3. The Labute approximate surface area is 204 Å². The number of rotatable bonds is 7. The molecule has 1 heterocycles. The molecule has 2 aromatic carbocycles. The van der Waals surface area contributed by atoms with Gasteiger partial charge in [-0.1, -0.05) is 43.2 Å². The number of benzene rings is 2. The monoisotopic (exact) mass is 505 g/mol. The van der Waals surface area contributed by atoms with Crippen molar-refractivity contribution in [2.75, 3.05) is 27.2 Å². The molecule has 1 aliphatic heterocycles. The van der Waals surface area contributed by atoms with Crippen LogP contribution in [0.3, 0.4) is 0 Å². The lowest BCUT2D eigenvalue weighted by atomic mass is 9.85. The maximum atomic E-state index is 13.2. The highest BCUT2D eigenvalue weighted by Crippen LogP contribution is 2.32. The van der Waals surface area contributed by atoms with Crippen molar-refractivity contribution in [3.05, 3.63) is 60.2 Å². The number of nitrogens with one attached hydrogen (secondary N) is 1. The molecule has 2 fully saturated rings. The van der Waals surface area contributed by atoms with Crippen LogP contribution in [-0.4, -0.2) is 65.3 Å². The highest BCUT2D eigenvalue weighted by Gasteiger charge is 2.35. The van der Waals surface area contributed by atoms with Gasteiger partial charge < -0.3 is 0 Å². The predicted molar refractivity (Wildman–Crippen MR) is 134 cm³/mol. The molecule has 0 aromatic heterocycles. The van der Waals surface area contributed by atoms with Gasteiger partial charge in [0.05, 0.1) is 9.79 Å². The summed E-state index contributed by atoms with van der Waals surface area (Å²) in [7, 11) is -4.45. The van der Waals surface area contributed by atoms with Gasteiger partial charge in [0.25, 0.3) is 0 Å². The van der Waals surface area contributed by atoms with Crippen LogP contribution in [-0.2, 0) is 20.0 Å². The molecule has 0 amide bonds. The average Bonchev–Trinajstić information content (AvgIpc) is 2.85. The van der Waals surface area contributed by atoms with Crippen LogP contribution in [0.2, 0.25) is 0 Å². The Balaban J connectivity index is 1.43. The number of sulfonamides is 2. The summed E-state index contributed by atoms with van der Waals surface area (Å²) >= 11 is 0. The van der Waals surface area contributed by atoms with E-state index in [9.17, 15) is 16.8 Å². The average molecular weight is 506 g/mol. The summed E-state index contributed by atoms with van der Waals surface area (Å²) in [5.74, 6) is 0.563. The van der Waals surface area contributed by atoms with E-state index in [0.29, 0.717) is 5.92 Å². The topological polar surface area (TPSA) is 86.8 Å². The zero-order valence-corrected chi connectivity index (χ0v) is 21.6. The third kappa shape index (κ3) is 5.54. The smallest absolute Gasteiger partial charge is 0.242 e. The molecule has 4 rings (SSSR count). The third-order valence-corrected chi connectivity index (χ3v) is 10.6. The summed E-state index contributed by atoms with van der Waals surface area (Å²) in [6, 6.07) is 16.2. The number of likely N-dealkylation sites (tertiary alicyclic amines) is 1. The van der Waals surface area contributed by atoms with E-state index in [1.165, 1.54) is 43.9 Å². The molecule has 1 saturated carbocycles. The summed E-state index contributed by atoms with van der Waals surface area (Å²) in [5, 5.41) is 0. The number of piperidine rings is 1. The van der Waals surface area contributed by atoms with Crippen LogP contribution < -0.4 is 4.72 Å². The van der Waals surface area contributed by atoms with E-state index in [2.05, 4.69) is 33.9 Å². The fourth-order valence-electron chi connectivity index (χ4n) is 5.24. The first kappa shape index (κ1) is 25.3. The predicted octanol–water partition coefficient (Wildman–Crippen LogP) is 3.41. The Hall–Kier alpha value is -1.78. The van der Waals surface area contributed by atoms with E-state index in [1.54, 1.807) is 0 Å². The molecule has 0 bridgehead atoms. The van der Waals surface area contributed by atoms with Crippen LogP contribution in [0.1, 0.15) is 50.0 Å². The van der Waals surface area contributed by atoms with E-state index in [-0.39, 0.29) is 21.9 Å². The van der Waals surface area contributed by atoms with Gasteiger partial charge in [0, 0.05) is 26.2 Å². The quantitative estimate of drug-likeness (QED) is 0.623. The van der Waals surface area contributed by atoms with Crippen molar-refractivity contribution >= 4 is 20.0 Å². The molecule has 2 atom stereocenters. The molecule has 186 valence electrons. The summed E-state index contributed by atoms with van der Waals surface area (Å²) in [5.41, 5.74) is 1.39. The van der Waals surface area contributed by atoms with Gasteiger partial charge in [-0.25, -0.2) is 25.9 Å². The van der Waals surface area contributed by atoms with Crippen molar-refractivity contribution in [1.82, 2.24) is 13.9 Å². The molecule has 9 heteroatoms. The van der Waals surface area contributed by atoms with Crippen molar-refractivity contribution in [3.8, 4) is 0 Å². The number of hydrogen-bond acceptors (Lipinski definition) is 5. The molecule has 1 aliphatic carbocycles. The normalized spacial score (nSPS) is 23.3. The van der Waals surface area contributed by atoms with E-state index >= 15 is 0 Å². The summed E-state index contributed by atoms with van der Waals surface area (Å²) in [4.78, 5) is 2.64. The lowest BCUT2D eigenvalue weighted by molar-refractivity contribution is 0.102. The van der Waals surface area contributed by atoms with Gasteiger partial charge in [-0.05, 0) is 74.5 Å². The second-order valence-corrected chi connectivity index (χ2v) is 13.4. The minimum Gasteiger partial charge on any atom is -0.299 e. The van der Waals surface area contributed by atoms with Crippen LogP contribution in [0, 0.1) is 0 Å². The van der Waals surface area contributed by atoms with Gasteiger partial charge in [-0.2, -0.15) is 0 Å². The van der Waals surface area contributed by atoms with Crippen LogP contribution in [0.4, 0.5) is 0 Å². The minimum atomic E-state index is -3.75. The van der Waals surface area contributed by atoms with Crippen LogP contribution in [0.5, 0.6) is 0 Å². The second kappa shape index (κ2) is 10.5. The van der Waals surface area contributed by atoms with Crippen molar-refractivity contribution in [2.24, 2.45) is 0 Å². The third-order valence-electron chi connectivity index (χ3n) is 7.22. The van der Waals surface area contributed by atoms with E-state index < -0.39 is 20.0 Å². The summed E-state index contributed by atoms with van der Waals surface area (Å²) in [6.07, 6.45) is 6.09. The minimum absolute atomic E-state index is 0.0771. The molecular weight excluding hydrogens is 470 g/mol. The molecule has 2 aliphatic rings. The maximum absolute atomic E-state index is 13.2. The maximum Gasteiger partial charge on any atom is 0.242 e. The Morgan fingerprint density at radius 2 is 1.38 bits per heavy atom. The highest BCUT2D eigenvalue weighted by molar-refractivity contribution is 7.89. The first-order valence-electron chi connectivity index (χ1n) is 12.0. The Morgan fingerprint density at radius 3 is 2.00 bits per heavy atom. The van der Waals surface area contributed by atoms with Gasteiger partial charge in [0.2, 0.25) is 20.0 Å². The molecule has 0 spiro atoms. The first-order chi connectivity index (χ1) is 16.2. The molecule has 2 unspecified atom stereocenters. The molecule has 0 radical (unpaired) electrons.